The van der Waals surface area contributed by atoms with E-state index in [0.29, 0.717) is 28.0 Å². The maximum atomic E-state index is 13.1. The Morgan fingerprint density at radius 3 is 2.47 bits per heavy atom. The molecule has 0 bridgehead atoms. The van der Waals surface area contributed by atoms with E-state index in [1.165, 1.54) is 24.3 Å². The van der Waals surface area contributed by atoms with Gasteiger partial charge in [0.2, 0.25) is 0 Å². The van der Waals surface area contributed by atoms with Crippen LogP contribution in [0.25, 0.3) is 10.9 Å². The van der Waals surface area contributed by atoms with Crippen molar-refractivity contribution < 1.29 is 19.1 Å². The zero-order chi connectivity index (χ0) is 21.7. The number of pyridine rings is 1. The van der Waals surface area contributed by atoms with Crippen molar-refractivity contribution in [2.24, 2.45) is 0 Å². The van der Waals surface area contributed by atoms with Gasteiger partial charge in [-0.15, -0.1) is 0 Å². The molecule has 30 heavy (non-hydrogen) atoms. The number of nitrogens with one attached hydrogen (secondary N) is 1. The summed E-state index contributed by atoms with van der Waals surface area (Å²) in [7, 11) is 0. The highest BCUT2D eigenvalue weighted by atomic mass is 19.1. The molecule has 3 rings (SSSR count). The SMILES string of the molecule is CCCCN(CC)c1cc(C(=O)O)c2cc(NC(=O)c3ccc(F)cc3)ccc2n1. The summed E-state index contributed by atoms with van der Waals surface area (Å²) in [6.07, 6.45) is 2.03. The van der Waals surface area contributed by atoms with Crippen LogP contribution in [0.4, 0.5) is 15.9 Å². The van der Waals surface area contributed by atoms with E-state index in [-0.39, 0.29) is 5.56 Å². The molecule has 0 fully saturated rings. The lowest BCUT2D eigenvalue weighted by Crippen LogP contribution is -2.25. The predicted octanol–water partition coefficient (Wildman–Crippen LogP) is 4.95. The minimum absolute atomic E-state index is 0.128. The molecule has 0 unspecified atom stereocenters. The van der Waals surface area contributed by atoms with Crippen molar-refractivity contribution in [2.75, 3.05) is 23.3 Å². The number of hydrogen-bond acceptors (Lipinski definition) is 4. The van der Waals surface area contributed by atoms with E-state index in [1.54, 1.807) is 24.3 Å². The zero-order valence-corrected chi connectivity index (χ0v) is 17.0. The Hall–Kier alpha value is -3.48. The molecule has 0 atom stereocenters. The molecule has 7 heteroatoms. The molecule has 0 saturated carbocycles. The molecule has 156 valence electrons. The van der Waals surface area contributed by atoms with Gasteiger partial charge in [-0.1, -0.05) is 13.3 Å². The maximum Gasteiger partial charge on any atom is 0.336 e. The summed E-state index contributed by atoms with van der Waals surface area (Å²) >= 11 is 0. The number of carboxylic acid groups (broad SMARTS) is 1. The third-order valence-electron chi connectivity index (χ3n) is 4.88. The number of carbonyl (C=O) groups is 2. The first-order valence-corrected chi connectivity index (χ1v) is 9.93. The number of hydrogen-bond donors (Lipinski definition) is 2. The normalized spacial score (nSPS) is 10.8. The predicted molar refractivity (Wildman–Crippen MR) is 116 cm³/mol. The van der Waals surface area contributed by atoms with E-state index in [9.17, 15) is 19.1 Å². The van der Waals surface area contributed by atoms with Crippen molar-refractivity contribution in [2.45, 2.75) is 26.7 Å². The number of fused-ring (bicyclic) bond motifs is 1. The Kier molecular flexibility index (Phi) is 6.61. The standard InChI is InChI=1S/C23H24FN3O3/c1-3-5-12-27(4-2)21-14-19(23(29)30)18-13-17(10-11-20(18)26-21)25-22(28)15-6-8-16(24)9-7-15/h6-11,13-14H,3-5,12H2,1-2H3,(H,25,28)(H,29,30). The smallest absolute Gasteiger partial charge is 0.336 e. The quantitative estimate of drug-likeness (QED) is 0.550. The van der Waals surface area contributed by atoms with E-state index >= 15 is 0 Å². The summed E-state index contributed by atoms with van der Waals surface area (Å²) in [5.74, 6) is -1.27. The zero-order valence-electron chi connectivity index (χ0n) is 17.0. The largest absolute Gasteiger partial charge is 0.478 e. The van der Waals surface area contributed by atoms with Gasteiger partial charge in [0.1, 0.15) is 11.6 Å². The first kappa shape index (κ1) is 21.2. The number of aromatic nitrogens is 1. The molecule has 0 saturated heterocycles. The van der Waals surface area contributed by atoms with Crippen LogP contribution in [0.15, 0.2) is 48.5 Å². The van der Waals surface area contributed by atoms with Crippen molar-refractivity contribution in [1.29, 1.82) is 0 Å². The molecular formula is C23H24FN3O3. The van der Waals surface area contributed by atoms with Crippen LogP contribution in [0, 0.1) is 5.82 Å². The summed E-state index contributed by atoms with van der Waals surface area (Å²) in [5, 5.41) is 12.9. The highest BCUT2D eigenvalue weighted by molar-refractivity contribution is 6.08. The summed E-state index contributed by atoms with van der Waals surface area (Å²) in [6.45, 7) is 5.64. The van der Waals surface area contributed by atoms with Crippen molar-refractivity contribution in [3.63, 3.8) is 0 Å². The molecule has 2 N–H and O–H groups in total. The molecule has 1 amide bonds. The summed E-state index contributed by atoms with van der Waals surface area (Å²) in [5.41, 5.74) is 1.41. The molecule has 0 aliphatic heterocycles. The maximum absolute atomic E-state index is 13.1. The van der Waals surface area contributed by atoms with Crippen LogP contribution in [0.5, 0.6) is 0 Å². The van der Waals surface area contributed by atoms with E-state index in [4.69, 9.17) is 0 Å². The van der Waals surface area contributed by atoms with Gasteiger partial charge in [0.15, 0.2) is 0 Å². The van der Waals surface area contributed by atoms with Gasteiger partial charge >= 0.3 is 5.97 Å². The van der Waals surface area contributed by atoms with Gasteiger partial charge in [-0.05, 0) is 61.9 Å². The summed E-state index contributed by atoms with van der Waals surface area (Å²) in [6, 6.07) is 11.7. The van der Waals surface area contributed by atoms with Gasteiger partial charge < -0.3 is 15.3 Å². The van der Waals surface area contributed by atoms with E-state index in [1.807, 2.05) is 6.92 Å². The van der Waals surface area contributed by atoms with Crippen LogP contribution in [0.1, 0.15) is 47.4 Å². The lowest BCUT2D eigenvalue weighted by molar-refractivity contribution is 0.0698. The number of carbonyl (C=O) groups excluding carboxylic acids is 1. The highest BCUT2D eigenvalue weighted by Gasteiger charge is 2.16. The summed E-state index contributed by atoms with van der Waals surface area (Å²) in [4.78, 5) is 31.0. The van der Waals surface area contributed by atoms with Gasteiger partial charge in [-0.3, -0.25) is 4.79 Å². The van der Waals surface area contributed by atoms with Crippen LogP contribution >= 0.6 is 0 Å². The van der Waals surface area contributed by atoms with Crippen molar-refractivity contribution in [1.82, 2.24) is 4.98 Å². The van der Waals surface area contributed by atoms with Crippen molar-refractivity contribution >= 4 is 34.3 Å². The third-order valence-corrected chi connectivity index (χ3v) is 4.88. The van der Waals surface area contributed by atoms with Crippen LogP contribution in [-0.4, -0.2) is 35.1 Å². The number of aromatic carboxylic acids is 1. The van der Waals surface area contributed by atoms with E-state index in [0.717, 1.165) is 25.9 Å². The Bertz CT molecular complexity index is 1070. The molecule has 0 spiro atoms. The number of unbranched alkanes of at least 4 members (excludes halogenated alkanes) is 1. The Morgan fingerprint density at radius 1 is 1.10 bits per heavy atom. The van der Waals surface area contributed by atoms with Crippen molar-refractivity contribution in [3.05, 3.63) is 65.5 Å². The average Bonchev–Trinajstić information content (AvgIpc) is 2.74. The molecule has 1 aromatic heterocycles. The van der Waals surface area contributed by atoms with E-state index < -0.39 is 17.7 Å². The first-order chi connectivity index (χ1) is 14.4. The van der Waals surface area contributed by atoms with Gasteiger partial charge in [0, 0.05) is 29.7 Å². The number of halogens is 1. The third kappa shape index (κ3) is 4.74. The van der Waals surface area contributed by atoms with Gasteiger partial charge in [-0.25, -0.2) is 14.2 Å². The lowest BCUT2D eigenvalue weighted by atomic mass is 10.1. The molecule has 6 nitrogen and oxygen atoms in total. The van der Waals surface area contributed by atoms with Crippen molar-refractivity contribution in [3.8, 4) is 0 Å². The molecule has 2 aromatic carbocycles. The number of rotatable bonds is 8. The second kappa shape index (κ2) is 9.35. The van der Waals surface area contributed by atoms with Gasteiger partial charge in [0.25, 0.3) is 5.91 Å². The van der Waals surface area contributed by atoms with Gasteiger partial charge in [0.05, 0.1) is 11.1 Å². The topological polar surface area (TPSA) is 82.5 Å². The fourth-order valence-corrected chi connectivity index (χ4v) is 3.22. The molecule has 3 aromatic rings. The fraction of sp³-hybridized carbons (Fsp3) is 0.261. The lowest BCUT2D eigenvalue weighted by Gasteiger charge is -2.22. The average molecular weight is 409 g/mol. The second-order valence-corrected chi connectivity index (χ2v) is 6.96. The van der Waals surface area contributed by atoms with Crippen LogP contribution < -0.4 is 10.2 Å². The first-order valence-electron chi connectivity index (χ1n) is 9.93. The summed E-state index contributed by atoms with van der Waals surface area (Å²) < 4.78 is 13.1. The molecule has 1 heterocycles. The monoisotopic (exact) mass is 409 g/mol. The van der Waals surface area contributed by atoms with E-state index in [2.05, 4.69) is 22.1 Å². The van der Waals surface area contributed by atoms with Gasteiger partial charge in [-0.2, -0.15) is 0 Å². The van der Waals surface area contributed by atoms with Crippen LogP contribution in [0.2, 0.25) is 0 Å². The molecule has 0 radical (unpaired) electrons. The molecular weight excluding hydrogens is 385 g/mol. The Morgan fingerprint density at radius 2 is 1.83 bits per heavy atom. The Labute approximate surface area is 174 Å². The number of amides is 1. The fourth-order valence-electron chi connectivity index (χ4n) is 3.22. The minimum atomic E-state index is -1.06. The highest BCUT2D eigenvalue weighted by Crippen LogP contribution is 2.26. The number of benzene rings is 2. The molecule has 0 aliphatic carbocycles. The number of nitrogens with zero attached hydrogens (tertiary/aromatic N) is 2. The van der Waals surface area contributed by atoms with Crippen LogP contribution in [-0.2, 0) is 0 Å². The number of anilines is 2. The van der Waals surface area contributed by atoms with Crippen LogP contribution in [0.3, 0.4) is 0 Å². The second-order valence-electron chi connectivity index (χ2n) is 6.96. The number of carboxylic acids is 1. The minimum Gasteiger partial charge on any atom is -0.478 e. The Balaban J connectivity index is 1.95. The molecule has 0 aliphatic rings.